The van der Waals surface area contributed by atoms with Crippen LogP contribution in [0.3, 0.4) is 0 Å². The van der Waals surface area contributed by atoms with Gasteiger partial charge in [-0.15, -0.1) is 0 Å². The quantitative estimate of drug-likeness (QED) is 0.701. The van der Waals surface area contributed by atoms with Crippen molar-refractivity contribution >= 4 is 5.97 Å². The van der Waals surface area contributed by atoms with E-state index < -0.39 is 5.97 Å². The Morgan fingerprint density at radius 3 is 2.65 bits per heavy atom. The SMILES string of the molecule is CC(C1CCOC1)N(CCN(C)C)CC(=O)O. The number of nitrogens with zero attached hydrogens (tertiary/aromatic N) is 2. The highest BCUT2D eigenvalue weighted by Crippen LogP contribution is 2.20. The summed E-state index contributed by atoms with van der Waals surface area (Å²) in [7, 11) is 4.00. The molecular formula is C12H24N2O3. The highest BCUT2D eigenvalue weighted by atomic mass is 16.5. The van der Waals surface area contributed by atoms with Crippen molar-refractivity contribution < 1.29 is 14.6 Å². The Bertz CT molecular complexity index is 240. The van der Waals surface area contributed by atoms with Crippen LogP contribution in [0.25, 0.3) is 0 Å². The van der Waals surface area contributed by atoms with Gasteiger partial charge >= 0.3 is 5.97 Å². The Balaban J connectivity index is 2.50. The minimum absolute atomic E-state index is 0.117. The Kier molecular flexibility index (Phi) is 5.88. The first kappa shape index (κ1) is 14.4. The predicted molar refractivity (Wildman–Crippen MR) is 66.2 cm³/mol. The highest BCUT2D eigenvalue weighted by molar-refractivity contribution is 5.69. The molecule has 1 saturated heterocycles. The number of hydrogen-bond acceptors (Lipinski definition) is 4. The summed E-state index contributed by atoms with van der Waals surface area (Å²) in [5.41, 5.74) is 0. The van der Waals surface area contributed by atoms with Gasteiger partial charge in [0.1, 0.15) is 0 Å². The molecule has 5 nitrogen and oxygen atoms in total. The first-order valence-corrected chi connectivity index (χ1v) is 6.19. The van der Waals surface area contributed by atoms with E-state index in [1.54, 1.807) is 0 Å². The molecule has 0 aromatic heterocycles. The molecule has 0 spiro atoms. The second-order valence-corrected chi connectivity index (χ2v) is 5.03. The molecule has 2 unspecified atom stereocenters. The summed E-state index contributed by atoms with van der Waals surface area (Å²) in [6.45, 7) is 5.47. The topological polar surface area (TPSA) is 53.0 Å². The number of carbonyl (C=O) groups is 1. The largest absolute Gasteiger partial charge is 0.480 e. The summed E-state index contributed by atoms with van der Waals surface area (Å²) in [5, 5.41) is 8.95. The average Bonchev–Trinajstić information content (AvgIpc) is 2.75. The van der Waals surface area contributed by atoms with E-state index in [1.165, 1.54) is 0 Å². The van der Waals surface area contributed by atoms with Gasteiger partial charge in [-0.05, 0) is 33.4 Å². The summed E-state index contributed by atoms with van der Waals surface area (Å²) >= 11 is 0. The van der Waals surface area contributed by atoms with Crippen LogP contribution in [0.2, 0.25) is 0 Å². The normalized spacial score (nSPS) is 22.3. The molecule has 0 amide bonds. The maximum Gasteiger partial charge on any atom is 0.317 e. The van der Waals surface area contributed by atoms with E-state index in [0.29, 0.717) is 5.92 Å². The fraction of sp³-hybridized carbons (Fsp3) is 0.917. The van der Waals surface area contributed by atoms with Crippen LogP contribution < -0.4 is 0 Å². The Labute approximate surface area is 103 Å². The van der Waals surface area contributed by atoms with E-state index in [1.807, 2.05) is 19.0 Å². The fourth-order valence-electron chi connectivity index (χ4n) is 2.16. The Morgan fingerprint density at radius 2 is 2.18 bits per heavy atom. The molecule has 0 aliphatic carbocycles. The van der Waals surface area contributed by atoms with Gasteiger partial charge in [-0.3, -0.25) is 9.69 Å². The van der Waals surface area contributed by atoms with Gasteiger partial charge in [-0.1, -0.05) is 0 Å². The molecule has 1 rings (SSSR count). The van der Waals surface area contributed by atoms with Gasteiger partial charge in [0.15, 0.2) is 0 Å². The van der Waals surface area contributed by atoms with Crippen LogP contribution >= 0.6 is 0 Å². The van der Waals surface area contributed by atoms with Gasteiger partial charge < -0.3 is 14.7 Å². The van der Waals surface area contributed by atoms with Crippen molar-refractivity contribution in [2.75, 3.05) is 46.9 Å². The lowest BCUT2D eigenvalue weighted by atomic mass is 9.99. The Hall–Kier alpha value is -0.650. The molecule has 1 fully saturated rings. The second-order valence-electron chi connectivity index (χ2n) is 5.03. The van der Waals surface area contributed by atoms with E-state index >= 15 is 0 Å². The van der Waals surface area contributed by atoms with Crippen molar-refractivity contribution in [1.29, 1.82) is 0 Å². The summed E-state index contributed by atoms with van der Waals surface area (Å²) in [4.78, 5) is 15.0. The molecule has 0 radical (unpaired) electrons. The molecule has 0 aromatic rings. The number of carboxylic acids is 1. The molecule has 100 valence electrons. The molecule has 2 atom stereocenters. The van der Waals surface area contributed by atoms with E-state index in [4.69, 9.17) is 9.84 Å². The summed E-state index contributed by atoms with van der Waals surface area (Å²) in [6.07, 6.45) is 1.04. The zero-order chi connectivity index (χ0) is 12.8. The third-order valence-corrected chi connectivity index (χ3v) is 3.40. The first-order valence-electron chi connectivity index (χ1n) is 6.19. The molecule has 17 heavy (non-hydrogen) atoms. The van der Waals surface area contributed by atoms with Crippen LogP contribution in [0.1, 0.15) is 13.3 Å². The number of likely N-dealkylation sites (N-methyl/N-ethyl adjacent to an activating group) is 1. The predicted octanol–water partition coefficient (Wildman–Crippen LogP) is 0.360. The number of ether oxygens (including phenoxy) is 1. The van der Waals surface area contributed by atoms with Gasteiger partial charge in [0.2, 0.25) is 0 Å². The number of rotatable bonds is 7. The van der Waals surface area contributed by atoms with Crippen LogP contribution in [0.4, 0.5) is 0 Å². The number of aliphatic carboxylic acids is 1. The van der Waals surface area contributed by atoms with Crippen molar-refractivity contribution in [2.45, 2.75) is 19.4 Å². The molecular weight excluding hydrogens is 220 g/mol. The molecule has 1 aliphatic heterocycles. The van der Waals surface area contributed by atoms with E-state index in [0.717, 1.165) is 32.7 Å². The molecule has 0 saturated carbocycles. The van der Waals surface area contributed by atoms with Crippen LogP contribution in [-0.2, 0) is 9.53 Å². The van der Waals surface area contributed by atoms with Gasteiger partial charge in [-0.25, -0.2) is 0 Å². The number of carboxylic acid groups (broad SMARTS) is 1. The van der Waals surface area contributed by atoms with Gasteiger partial charge in [0.25, 0.3) is 0 Å². The van der Waals surface area contributed by atoms with Crippen LogP contribution in [0.5, 0.6) is 0 Å². The van der Waals surface area contributed by atoms with E-state index in [-0.39, 0.29) is 12.6 Å². The van der Waals surface area contributed by atoms with Crippen molar-refractivity contribution in [3.8, 4) is 0 Å². The smallest absolute Gasteiger partial charge is 0.317 e. The summed E-state index contributed by atoms with van der Waals surface area (Å²) in [5.74, 6) is -0.286. The zero-order valence-electron chi connectivity index (χ0n) is 11.1. The van der Waals surface area contributed by atoms with Crippen LogP contribution in [0, 0.1) is 5.92 Å². The zero-order valence-corrected chi connectivity index (χ0v) is 11.1. The van der Waals surface area contributed by atoms with E-state index in [9.17, 15) is 4.79 Å². The molecule has 1 heterocycles. The lowest BCUT2D eigenvalue weighted by Gasteiger charge is -2.32. The minimum Gasteiger partial charge on any atom is -0.480 e. The minimum atomic E-state index is -0.755. The lowest BCUT2D eigenvalue weighted by Crippen LogP contribution is -2.45. The second kappa shape index (κ2) is 6.93. The van der Waals surface area contributed by atoms with E-state index in [2.05, 4.69) is 11.8 Å². The molecule has 5 heteroatoms. The van der Waals surface area contributed by atoms with Crippen molar-refractivity contribution in [3.05, 3.63) is 0 Å². The lowest BCUT2D eigenvalue weighted by molar-refractivity contribution is -0.139. The molecule has 1 aliphatic rings. The monoisotopic (exact) mass is 244 g/mol. The third kappa shape index (κ3) is 5.02. The van der Waals surface area contributed by atoms with Gasteiger partial charge in [0.05, 0.1) is 13.2 Å². The Morgan fingerprint density at radius 1 is 1.47 bits per heavy atom. The number of hydrogen-bond donors (Lipinski definition) is 1. The maximum absolute atomic E-state index is 10.9. The average molecular weight is 244 g/mol. The fourth-order valence-corrected chi connectivity index (χ4v) is 2.16. The van der Waals surface area contributed by atoms with Crippen molar-refractivity contribution in [3.63, 3.8) is 0 Å². The highest BCUT2D eigenvalue weighted by Gasteiger charge is 2.27. The summed E-state index contributed by atoms with van der Waals surface area (Å²) < 4.78 is 5.37. The van der Waals surface area contributed by atoms with Gasteiger partial charge in [-0.2, -0.15) is 0 Å². The molecule has 1 N–H and O–H groups in total. The maximum atomic E-state index is 10.9. The summed E-state index contributed by atoms with van der Waals surface area (Å²) in [6, 6.07) is 0.272. The van der Waals surface area contributed by atoms with Crippen molar-refractivity contribution in [1.82, 2.24) is 9.80 Å². The first-order chi connectivity index (χ1) is 8.00. The molecule has 0 aromatic carbocycles. The van der Waals surface area contributed by atoms with Crippen LogP contribution in [-0.4, -0.2) is 73.9 Å². The van der Waals surface area contributed by atoms with Gasteiger partial charge in [0, 0.05) is 25.7 Å². The molecule has 0 bridgehead atoms. The third-order valence-electron chi connectivity index (χ3n) is 3.40. The van der Waals surface area contributed by atoms with Crippen LogP contribution in [0.15, 0.2) is 0 Å². The van der Waals surface area contributed by atoms with Crippen molar-refractivity contribution in [2.24, 2.45) is 5.92 Å². The standard InChI is InChI=1S/C12H24N2O3/c1-10(11-4-7-17-9-11)14(8-12(15)16)6-5-13(2)3/h10-11H,4-9H2,1-3H3,(H,15,16).